The van der Waals surface area contributed by atoms with Crippen LogP contribution in [-0.4, -0.2) is 25.1 Å². The van der Waals surface area contributed by atoms with Crippen molar-refractivity contribution in [2.75, 3.05) is 5.32 Å². The van der Waals surface area contributed by atoms with Crippen LogP contribution in [0.4, 0.5) is 5.69 Å². The summed E-state index contributed by atoms with van der Waals surface area (Å²) in [6.07, 6.45) is 1.63. The lowest BCUT2D eigenvalue weighted by molar-refractivity contribution is 0.102. The van der Waals surface area contributed by atoms with Gasteiger partial charge in [-0.1, -0.05) is 18.2 Å². The summed E-state index contributed by atoms with van der Waals surface area (Å²) < 4.78 is 3.26. The smallest absolute Gasteiger partial charge is 0.274 e. The molecule has 1 amide bonds. The molecule has 0 aliphatic carbocycles. The molecule has 2 aromatic carbocycles. The summed E-state index contributed by atoms with van der Waals surface area (Å²) >= 11 is 1.57. The maximum absolute atomic E-state index is 12.5. The van der Waals surface area contributed by atoms with E-state index in [9.17, 15) is 9.59 Å². The van der Waals surface area contributed by atoms with E-state index in [1.54, 1.807) is 28.8 Å². The Labute approximate surface area is 184 Å². The number of amides is 1. The number of fused-ring (bicyclic) bond motifs is 1. The maximum atomic E-state index is 12.5. The van der Waals surface area contributed by atoms with E-state index in [1.807, 2.05) is 69.3 Å². The van der Waals surface area contributed by atoms with Gasteiger partial charge in [0.2, 0.25) is 0 Å². The first-order chi connectivity index (χ1) is 14.9. The van der Waals surface area contributed by atoms with Gasteiger partial charge in [-0.2, -0.15) is 9.50 Å². The third-order valence-corrected chi connectivity index (χ3v) is 5.92. The van der Waals surface area contributed by atoms with Gasteiger partial charge in [0.15, 0.2) is 0 Å². The lowest BCUT2D eigenvalue weighted by Crippen LogP contribution is -2.22. The fourth-order valence-electron chi connectivity index (χ4n) is 3.23. The van der Waals surface area contributed by atoms with E-state index in [0.29, 0.717) is 22.8 Å². The van der Waals surface area contributed by atoms with Gasteiger partial charge in [0.25, 0.3) is 17.2 Å². The van der Waals surface area contributed by atoms with Gasteiger partial charge in [0, 0.05) is 34.0 Å². The third kappa shape index (κ3) is 4.54. The van der Waals surface area contributed by atoms with Gasteiger partial charge in [-0.25, -0.2) is 4.98 Å². The van der Waals surface area contributed by atoms with Crippen molar-refractivity contribution in [3.05, 3.63) is 88.1 Å². The number of aromatic nitrogens is 4. The van der Waals surface area contributed by atoms with Gasteiger partial charge in [0.05, 0.1) is 5.69 Å². The Hall–Kier alpha value is -3.39. The molecule has 4 rings (SSSR count). The molecule has 0 radical (unpaired) electrons. The molecule has 0 saturated heterocycles. The molecule has 31 heavy (non-hydrogen) atoms. The van der Waals surface area contributed by atoms with Gasteiger partial charge < -0.3 is 5.32 Å². The van der Waals surface area contributed by atoms with Crippen LogP contribution in [0.25, 0.3) is 5.78 Å². The number of benzene rings is 2. The van der Waals surface area contributed by atoms with Crippen LogP contribution in [-0.2, 0) is 5.75 Å². The van der Waals surface area contributed by atoms with Crippen LogP contribution in [0.2, 0.25) is 0 Å². The molecule has 8 heteroatoms. The van der Waals surface area contributed by atoms with Crippen LogP contribution in [0.1, 0.15) is 41.5 Å². The topological polar surface area (TPSA) is 81.3 Å². The van der Waals surface area contributed by atoms with Crippen LogP contribution >= 0.6 is 11.8 Å². The SMILES string of the molecule is Cc1ccccc1C(=O)Nc1ccc(SCc2cc(=O)n3c(ncn3C(C)C)n2)cc1. The second-order valence-corrected chi connectivity index (χ2v) is 8.55. The minimum atomic E-state index is -0.138. The van der Waals surface area contributed by atoms with Gasteiger partial charge in [-0.3, -0.25) is 14.3 Å². The minimum absolute atomic E-state index is 0.120. The number of hydrogen-bond donors (Lipinski definition) is 1. The lowest BCUT2D eigenvalue weighted by Gasteiger charge is -2.09. The molecule has 0 saturated carbocycles. The van der Waals surface area contributed by atoms with Crippen molar-refractivity contribution in [1.29, 1.82) is 0 Å². The summed E-state index contributed by atoms with van der Waals surface area (Å²) in [6.45, 7) is 5.90. The van der Waals surface area contributed by atoms with E-state index in [4.69, 9.17) is 0 Å². The molecule has 0 aliphatic heterocycles. The molecule has 4 aromatic rings. The zero-order chi connectivity index (χ0) is 22.0. The lowest BCUT2D eigenvalue weighted by atomic mass is 10.1. The van der Waals surface area contributed by atoms with Crippen molar-refractivity contribution in [1.82, 2.24) is 19.2 Å². The molecule has 0 bridgehead atoms. The highest BCUT2D eigenvalue weighted by Gasteiger charge is 2.11. The Morgan fingerprint density at radius 1 is 1.13 bits per heavy atom. The van der Waals surface area contributed by atoms with Crippen LogP contribution in [0.15, 0.2) is 70.6 Å². The minimum Gasteiger partial charge on any atom is -0.322 e. The number of carbonyl (C=O) groups is 1. The van der Waals surface area contributed by atoms with Crippen LogP contribution in [0.3, 0.4) is 0 Å². The average Bonchev–Trinajstić information content (AvgIpc) is 3.18. The van der Waals surface area contributed by atoms with E-state index in [0.717, 1.165) is 16.1 Å². The number of anilines is 1. The Kier molecular flexibility index (Phi) is 5.90. The summed E-state index contributed by atoms with van der Waals surface area (Å²) in [7, 11) is 0. The molecule has 7 nitrogen and oxygen atoms in total. The zero-order valence-corrected chi connectivity index (χ0v) is 18.4. The number of hydrogen-bond acceptors (Lipinski definition) is 5. The molecule has 2 heterocycles. The van der Waals surface area contributed by atoms with E-state index in [-0.39, 0.29) is 17.5 Å². The molecule has 0 atom stereocenters. The van der Waals surface area contributed by atoms with Crippen LogP contribution in [0, 0.1) is 6.92 Å². The molecule has 0 unspecified atom stereocenters. The standard InChI is InChI=1S/C23H23N5O2S/c1-15(2)27-14-24-23-26-18(12-21(29)28(23)27)13-31-19-10-8-17(9-11-19)25-22(30)20-7-5-4-6-16(20)3/h4-12,14-15H,13H2,1-3H3,(H,25,30). The van der Waals surface area contributed by atoms with Gasteiger partial charge in [-0.05, 0) is 56.7 Å². The summed E-state index contributed by atoms with van der Waals surface area (Å²) in [4.78, 5) is 34.7. The Bertz CT molecular complexity index is 1290. The van der Waals surface area contributed by atoms with Gasteiger partial charge >= 0.3 is 0 Å². The Morgan fingerprint density at radius 2 is 1.87 bits per heavy atom. The maximum Gasteiger partial charge on any atom is 0.274 e. The first-order valence-corrected chi connectivity index (χ1v) is 11.0. The van der Waals surface area contributed by atoms with Gasteiger partial charge in [-0.15, -0.1) is 11.8 Å². The van der Waals surface area contributed by atoms with Crippen LogP contribution in [0.5, 0.6) is 0 Å². The fraction of sp³-hybridized carbons (Fsp3) is 0.217. The third-order valence-electron chi connectivity index (χ3n) is 4.87. The van der Waals surface area contributed by atoms with Crippen molar-refractivity contribution >= 4 is 29.1 Å². The van der Waals surface area contributed by atoms with Crippen molar-refractivity contribution in [2.24, 2.45) is 0 Å². The largest absolute Gasteiger partial charge is 0.322 e. The number of carbonyl (C=O) groups excluding carboxylic acids is 1. The molecule has 0 aliphatic rings. The van der Waals surface area contributed by atoms with Crippen molar-refractivity contribution < 1.29 is 4.79 Å². The first kappa shape index (κ1) is 20.9. The van der Waals surface area contributed by atoms with E-state index in [2.05, 4.69) is 15.3 Å². The summed E-state index contributed by atoms with van der Waals surface area (Å²) in [6, 6.07) is 16.8. The predicted octanol–water partition coefficient (Wildman–Crippen LogP) is 4.32. The monoisotopic (exact) mass is 433 g/mol. The van der Waals surface area contributed by atoms with E-state index >= 15 is 0 Å². The normalized spacial score (nSPS) is 11.2. The fourth-order valence-corrected chi connectivity index (χ4v) is 4.02. The van der Waals surface area contributed by atoms with Gasteiger partial charge in [0.1, 0.15) is 6.33 Å². The highest BCUT2D eigenvalue weighted by molar-refractivity contribution is 7.98. The second-order valence-electron chi connectivity index (χ2n) is 7.50. The number of thioether (sulfide) groups is 1. The van der Waals surface area contributed by atoms with Crippen molar-refractivity contribution in [3.8, 4) is 0 Å². The first-order valence-electron chi connectivity index (χ1n) is 9.98. The summed E-state index contributed by atoms with van der Waals surface area (Å²) in [5.41, 5.74) is 2.87. The Balaban J connectivity index is 1.42. The molecule has 0 spiro atoms. The van der Waals surface area contributed by atoms with Crippen molar-refractivity contribution in [3.63, 3.8) is 0 Å². The zero-order valence-electron chi connectivity index (χ0n) is 17.6. The molecule has 158 valence electrons. The number of aryl methyl sites for hydroxylation is 1. The molecular formula is C23H23N5O2S. The number of nitrogens with one attached hydrogen (secondary N) is 1. The highest BCUT2D eigenvalue weighted by atomic mass is 32.2. The van der Waals surface area contributed by atoms with E-state index in [1.165, 1.54) is 4.52 Å². The predicted molar refractivity (Wildman–Crippen MR) is 123 cm³/mol. The number of nitrogens with zero attached hydrogens (tertiary/aromatic N) is 4. The number of rotatable bonds is 6. The summed E-state index contributed by atoms with van der Waals surface area (Å²) in [5, 5.41) is 2.92. The summed E-state index contributed by atoms with van der Waals surface area (Å²) in [5.74, 6) is 0.832. The van der Waals surface area contributed by atoms with Crippen molar-refractivity contribution in [2.45, 2.75) is 37.5 Å². The molecule has 2 aromatic heterocycles. The molecule has 0 fully saturated rings. The van der Waals surface area contributed by atoms with Crippen LogP contribution < -0.4 is 10.9 Å². The highest BCUT2D eigenvalue weighted by Crippen LogP contribution is 2.24. The Morgan fingerprint density at radius 3 is 2.58 bits per heavy atom. The molecular weight excluding hydrogens is 410 g/mol. The van der Waals surface area contributed by atoms with E-state index < -0.39 is 0 Å². The molecule has 1 N–H and O–H groups in total. The average molecular weight is 434 g/mol. The quantitative estimate of drug-likeness (QED) is 0.458. The second kappa shape index (κ2) is 8.77.